The molecule has 0 spiro atoms. The lowest BCUT2D eigenvalue weighted by atomic mass is 9.79. The highest BCUT2D eigenvalue weighted by Gasteiger charge is 2.29. The van der Waals surface area contributed by atoms with Crippen LogP contribution in [0.15, 0.2) is 33.5 Å². The number of nitrogens with one attached hydrogen (secondary N) is 1. The van der Waals surface area contributed by atoms with Crippen molar-refractivity contribution in [3.63, 3.8) is 0 Å². The second-order valence-corrected chi connectivity index (χ2v) is 7.23. The van der Waals surface area contributed by atoms with Gasteiger partial charge in [0, 0.05) is 13.1 Å². The summed E-state index contributed by atoms with van der Waals surface area (Å²) in [5.74, 6) is 1.10. The minimum atomic E-state index is -0.459. The Hall–Kier alpha value is -2.08. The van der Waals surface area contributed by atoms with Crippen LogP contribution in [-0.4, -0.2) is 41.6 Å². The van der Waals surface area contributed by atoms with Crippen molar-refractivity contribution in [3.8, 4) is 0 Å². The van der Waals surface area contributed by atoms with Gasteiger partial charge in [0.25, 0.3) is 0 Å². The molecule has 2 aliphatic rings. The van der Waals surface area contributed by atoms with E-state index in [2.05, 4.69) is 5.32 Å². The number of carbonyl (C=O) groups is 1. The largest absolute Gasteiger partial charge is 0.420 e. The number of piperidine rings is 2. The van der Waals surface area contributed by atoms with Crippen molar-refractivity contribution in [1.82, 2.24) is 14.8 Å². The lowest BCUT2D eigenvalue weighted by Crippen LogP contribution is -2.43. The molecular weight excluding hydrogens is 318 g/mol. The summed E-state index contributed by atoms with van der Waals surface area (Å²) in [5.41, 5.74) is 1.22. The summed E-state index contributed by atoms with van der Waals surface area (Å²) in [6.07, 6.45) is 4.68. The fourth-order valence-electron chi connectivity index (χ4n) is 4.33. The van der Waals surface area contributed by atoms with Crippen molar-refractivity contribution in [2.24, 2.45) is 11.8 Å². The highest BCUT2D eigenvalue weighted by Crippen LogP contribution is 2.30. The Morgan fingerprint density at radius 2 is 1.76 bits per heavy atom. The molecule has 0 saturated carbocycles. The zero-order chi connectivity index (χ0) is 17.2. The zero-order valence-corrected chi connectivity index (χ0v) is 14.4. The molecule has 6 nitrogen and oxygen atoms in total. The van der Waals surface area contributed by atoms with Crippen molar-refractivity contribution < 1.29 is 9.21 Å². The second-order valence-electron chi connectivity index (χ2n) is 7.23. The van der Waals surface area contributed by atoms with Gasteiger partial charge in [0.15, 0.2) is 5.58 Å². The summed E-state index contributed by atoms with van der Waals surface area (Å²) in [6.45, 7) is 3.92. The lowest BCUT2D eigenvalue weighted by Gasteiger charge is -2.37. The number of fused-ring (bicyclic) bond motifs is 1. The normalized spacial score (nSPS) is 20.2. The molecule has 1 aromatic carbocycles. The molecule has 0 bridgehead atoms. The molecule has 3 heterocycles. The Balaban J connectivity index is 1.39. The monoisotopic (exact) mass is 343 g/mol. The molecule has 134 valence electrons. The highest BCUT2D eigenvalue weighted by molar-refractivity contribution is 5.79. The number of hydrogen-bond acceptors (Lipinski definition) is 4. The van der Waals surface area contributed by atoms with Gasteiger partial charge >= 0.3 is 5.76 Å². The fourth-order valence-corrected chi connectivity index (χ4v) is 4.33. The topological polar surface area (TPSA) is 67.5 Å². The average molecular weight is 343 g/mol. The van der Waals surface area contributed by atoms with Crippen LogP contribution in [0.1, 0.15) is 25.7 Å². The van der Waals surface area contributed by atoms with Crippen molar-refractivity contribution in [3.05, 3.63) is 34.8 Å². The van der Waals surface area contributed by atoms with Crippen LogP contribution in [-0.2, 0) is 11.3 Å². The summed E-state index contributed by atoms with van der Waals surface area (Å²) in [4.78, 5) is 26.6. The van der Waals surface area contributed by atoms with E-state index in [0.717, 1.165) is 50.9 Å². The highest BCUT2D eigenvalue weighted by atomic mass is 16.4. The molecule has 2 saturated heterocycles. The molecule has 2 aromatic rings. The van der Waals surface area contributed by atoms with Crippen LogP contribution < -0.4 is 11.1 Å². The Kier molecular flexibility index (Phi) is 4.61. The minimum absolute atomic E-state index is 0.0115. The molecule has 4 rings (SSSR count). The van der Waals surface area contributed by atoms with Gasteiger partial charge in [-0.25, -0.2) is 4.79 Å². The van der Waals surface area contributed by atoms with Crippen LogP contribution in [0, 0.1) is 11.8 Å². The van der Waals surface area contributed by atoms with E-state index in [1.165, 1.54) is 17.4 Å². The van der Waals surface area contributed by atoms with Crippen molar-refractivity contribution >= 4 is 17.0 Å². The predicted octanol–water partition coefficient (Wildman–Crippen LogP) is 1.83. The average Bonchev–Trinajstić information content (AvgIpc) is 2.98. The molecule has 0 radical (unpaired) electrons. The molecule has 0 aliphatic carbocycles. The Morgan fingerprint density at radius 3 is 2.52 bits per heavy atom. The van der Waals surface area contributed by atoms with E-state index in [0.29, 0.717) is 11.1 Å². The quantitative estimate of drug-likeness (QED) is 0.923. The summed E-state index contributed by atoms with van der Waals surface area (Å²) in [5, 5.41) is 3.42. The summed E-state index contributed by atoms with van der Waals surface area (Å²) in [6, 6.07) is 7.24. The van der Waals surface area contributed by atoms with Crippen LogP contribution >= 0.6 is 0 Å². The standard InChI is InChI=1S/C19H25N3O3/c23-18(13-22-16-3-1-2-4-17(16)25-19(22)24)21-11-7-15(8-12-21)14-5-9-20-10-6-14/h1-4,14-15,20H,5-13H2. The summed E-state index contributed by atoms with van der Waals surface area (Å²) >= 11 is 0. The number of para-hydroxylation sites is 2. The smallest absolute Gasteiger partial charge is 0.408 e. The van der Waals surface area contributed by atoms with Crippen LogP contribution in [0.2, 0.25) is 0 Å². The van der Waals surface area contributed by atoms with Gasteiger partial charge in [0.05, 0.1) is 5.52 Å². The lowest BCUT2D eigenvalue weighted by molar-refractivity contribution is -0.133. The van der Waals surface area contributed by atoms with Gasteiger partial charge in [-0.15, -0.1) is 0 Å². The molecule has 2 aliphatic heterocycles. The van der Waals surface area contributed by atoms with Gasteiger partial charge in [-0.05, 0) is 62.7 Å². The molecule has 25 heavy (non-hydrogen) atoms. The first kappa shape index (κ1) is 16.4. The van der Waals surface area contributed by atoms with Gasteiger partial charge < -0.3 is 14.6 Å². The number of likely N-dealkylation sites (tertiary alicyclic amines) is 1. The van der Waals surface area contributed by atoms with Gasteiger partial charge in [0.1, 0.15) is 6.54 Å². The van der Waals surface area contributed by atoms with Gasteiger partial charge in [0.2, 0.25) is 5.91 Å². The maximum atomic E-state index is 12.7. The number of nitrogens with zero attached hydrogens (tertiary/aromatic N) is 2. The van der Waals surface area contributed by atoms with E-state index in [1.54, 1.807) is 6.07 Å². The third kappa shape index (κ3) is 3.35. The third-order valence-corrected chi connectivity index (χ3v) is 5.81. The molecule has 1 amide bonds. The van der Waals surface area contributed by atoms with Crippen LogP contribution in [0.3, 0.4) is 0 Å². The molecule has 1 aromatic heterocycles. The van der Waals surface area contributed by atoms with E-state index >= 15 is 0 Å². The number of hydrogen-bond donors (Lipinski definition) is 1. The predicted molar refractivity (Wildman–Crippen MR) is 95.4 cm³/mol. The van der Waals surface area contributed by atoms with E-state index < -0.39 is 5.76 Å². The van der Waals surface area contributed by atoms with Gasteiger partial charge in [-0.1, -0.05) is 12.1 Å². The van der Waals surface area contributed by atoms with E-state index in [-0.39, 0.29) is 12.5 Å². The summed E-state index contributed by atoms with van der Waals surface area (Å²) in [7, 11) is 0. The van der Waals surface area contributed by atoms with Crippen molar-refractivity contribution in [1.29, 1.82) is 0 Å². The van der Waals surface area contributed by atoms with Crippen molar-refractivity contribution in [2.45, 2.75) is 32.2 Å². The first-order chi connectivity index (χ1) is 12.2. The van der Waals surface area contributed by atoms with Crippen molar-refractivity contribution in [2.75, 3.05) is 26.2 Å². The SMILES string of the molecule is O=C(Cn1c(=O)oc2ccccc21)N1CCC(C2CCNCC2)CC1. The number of amides is 1. The van der Waals surface area contributed by atoms with E-state index in [9.17, 15) is 9.59 Å². The minimum Gasteiger partial charge on any atom is -0.408 e. The molecule has 2 fully saturated rings. The molecule has 1 N–H and O–H groups in total. The number of oxazole rings is 1. The van der Waals surface area contributed by atoms with E-state index in [1.807, 2.05) is 23.1 Å². The number of rotatable bonds is 3. The second kappa shape index (κ2) is 7.04. The van der Waals surface area contributed by atoms with Crippen LogP contribution in [0.4, 0.5) is 0 Å². The van der Waals surface area contributed by atoms with E-state index in [4.69, 9.17) is 4.42 Å². The molecular formula is C19H25N3O3. The number of aromatic nitrogens is 1. The van der Waals surface area contributed by atoms with Crippen LogP contribution in [0.5, 0.6) is 0 Å². The third-order valence-electron chi connectivity index (χ3n) is 5.81. The molecule has 0 unspecified atom stereocenters. The Bertz CT molecular complexity index is 796. The number of benzene rings is 1. The molecule has 0 atom stereocenters. The maximum absolute atomic E-state index is 12.7. The first-order valence-corrected chi connectivity index (χ1v) is 9.29. The number of carbonyl (C=O) groups excluding carboxylic acids is 1. The Labute approximate surface area is 146 Å². The Morgan fingerprint density at radius 1 is 1.08 bits per heavy atom. The maximum Gasteiger partial charge on any atom is 0.420 e. The van der Waals surface area contributed by atoms with Gasteiger partial charge in [-0.2, -0.15) is 0 Å². The van der Waals surface area contributed by atoms with Gasteiger partial charge in [-0.3, -0.25) is 9.36 Å². The molecule has 6 heteroatoms. The zero-order valence-electron chi connectivity index (χ0n) is 14.4. The fraction of sp³-hybridized carbons (Fsp3) is 0.579. The first-order valence-electron chi connectivity index (χ1n) is 9.29. The van der Waals surface area contributed by atoms with Crippen LogP contribution in [0.25, 0.3) is 11.1 Å². The summed E-state index contributed by atoms with van der Waals surface area (Å²) < 4.78 is 6.66.